The van der Waals surface area contributed by atoms with E-state index < -0.39 is 0 Å². The molecule has 1 unspecified atom stereocenters. The SMILES string of the molecule is Bc1cc(C)cc(C)c1/C(=C\C)CC(C)C(=C)C. The Kier molecular flexibility index (Phi) is 5.01. The van der Waals surface area contributed by atoms with Crippen LogP contribution in [0.15, 0.2) is 30.4 Å². The van der Waals surface area contributed by atoms with Gasteiger partial charge >= 0.3 is 0 Å². The van der Waals surface area contributed by atoms with Crippen LogP contribution >= 0.6 is 0 Å². The Balaban J connectivity index is 3.15. The summed E-state index contributed by atoms with van der Waals surface area (Å²) in [5.41, 5.74) is 8.25. The van der Waals surface area contributed by atoms with Crippen LogP contribution in [-0.2, 0) is 0 Å². The smallest absolute Gasteiger partial charge is 0.0999 e. The van der Waals surface area contributed by atoms with Crippen molar-refractivity contribution in [2.24, 2.45) is 5.92 Å². The monoisotopic (exact) mass is 240 g/mol. The zero-order chi connectivity index (χ0) is 13.9. The van der Waals surface area contributed by atoms with Gasteiger partial charge in [0, 0.05) is 0 Å². The zero-order valence-corrected chi connectivity index (χ0v) is 12.7. The molecule has 0 saturated heterocycles. The van der Waals surface area contributed by atoms with Crippen molar-refractivity contribution in [3.63, 3.8) is 0 Å². The molecule has 0 fully saturated rings. The lowest BCUT2D eigenvalue weighted by Crippen LogP contribution is -2.14. The van der Waals surface area contributed by atoms with Crippen molar-refractivity contribution in [2.45, 2.75) is 41.0 Å². The quantitative estimate of drug-likeness (QED) is 0.557. The first kappa shape index (κ1) is 14.8. The fraction of sp³-hybridized carbons (Fsp3) is 0.412. The van der Waals surface area contributed by atoms with Crippen molar-refractivity contribution in [1.29, 1.82) is 0 Å². The molecule has 96 valence electrons. The molecule has 0 spiro atoms. The molecule has 1 heteroatoms. The van der Waals surface area contributed by atoms with Crippen LogP contribution in [0.5, 0.6) is 0 Å². The summed E-state index contributed by atoms with van der Waals surface area (Å²) in [7, 11) is 2.21. The Labute approximate surface area is 113 Å². The lowest BCUT2D eigenvalue weighted by atomic mass is 9.80. The molecule has 0 aliphatic rings. The van der Waals surface area contributed by atoms with E-state index in [1.54, 1.807) is 0 Å². The van der Waals surface area contributed by atoms with Gasteiger partial charge in [-0.05, 0) is 56.7 Å². The summed E-state index contributed by atoms with van der Waals surface area (Å²) in [4.78, 5) is 0. The van der Waals surface area contributed by atoms with Crippen LogP contribution in [0.2, 0.25) is 0 Å². The first-order valence-electron chi connectivity index (χ1n) is 6.75. The minimum absolute atomic E-state index is 0.538. The van der Waals surface area contributed by atoms with Crippen molar-refractivity contribution < 1.29 is 0 Å². The normalized spacial score (nSPS) is 13.5. The van der Waals surface area contributed by atoms with E-state index in [-0.39, 0.29) is 0 Å². The molecule has 0 aliphatic carbocycles. The molecule has 0 aliphatic heterocycles. The number of hydrogen-bond acceptors (Lipinski definition) is 0. The van der Waals surface area contributed by atoms with E-state index in [0.29, 0.717) is 5.92 Å². The highest BCUT2D eigenvalue weighted by molar-refractivity contribution is 6.34. The van der Waals surface area contributed by atoms with Crippen LogP contribution in [0.4, 0.5) is 0 Å². The van der Waals surface area contributed by atoms with Gasteiger partial charge in [0.1, 0.15) is 7.85 Å². The molecule has 0 bridgehead atoms. The van der Waals surface area contributed by atoms with Crippen LogP contribution in [0, 0.1) is 19.8 Å². The Morgan fingerprint density at radius 1 is 1.39 bits per heavy atom. The third-order valence-corrected chi connectivity index (χ3v) is 3.71. The standard InChI is InChI=1S/C17H25B/c1-7-15(10-13(5)11(2)3)17-14(6)8-12(4)9-16(17)18/h7-9,13H,2,10,18H2,1,3-6H3/b15-7-. The van der Waals surface area contributed by atoms with Gasteiger partial charge < -0.3 is 0 Å². The summed E-state index contributed by atoms with van der Waals surface area (Å²) in [5, 5.41) is 0. The van der Waals surface area contributed by atoms with Crippen molar-refractivity contribution in [1.82, 2.24) is 0 Å². The summed E-state index contributed by atoms with van der Waals surface area (Å²) in [5.74, 6) is 0.538. The van der Waals surface area contributed by atoms with Gasteiger partial charge in [0.2, 0.25) is 0 Å². The zero-order valence-electron chi connectivity index (χ0n) is 12.7. The Hall–Kier alpha value is -1.24. The van der Waals surface area contributed by atoms with Gasteiger partial charge in [0.05, 0.1) is 0 Å². The first-order chi connectivity index (χ1) is 8.36. The van der Waals surface area contributed by atoms with Crippen molar-refractivity contribution in [2.75, 3.05) is 0 Å². The molecule has 0 aromatic heterocycles. The average Bonchev–Trinajstić information content (AvgIpc) is 2.25. The molecule has 0 radical (unpaired) electrons. The predicted octanol–water partition coefficient (Wildman–Crippen LogP) is 3.57. The highest BCUT2D eigenvalue weighted by Crippen LogP contribution is 2.27. The van der Waals surface area contributed by atoms with Gasteiger partial charge in [-0.25, -0.2) is 0 Å². The summed E-state index contributed by atoms with van der Waals surface area (Å²) in [6.07, 6.45) is 3.33. The van der Waals surface area contributed by atoms with Crippen LogP contribution in [-0.4, -0.2) is 7.85 Å². The minimum Gasteiger partial charge on any atom is -0.0999 e. The molecular weight excluding hydrogens is 215 g/mol. The molecule has 1 aromatic carbocycles. The van der Waals surface area contributed by atoms with Crippen LogP contribution in [0.3, 0.4) is 0 Å². The average molecular weight is 240 g/mol. The lowest BCUT2D eigenvalue weighted by Gasteiger charge is -2.19. The number of aryl methyl sites for hydroxylation is 2. The van der Waals surface area contributed by atoms with Crippen molar-refractivity contribution >= 4 is 18.9 Å². The molecule has 0 saturated carbocycles. The van der Waals surface area contributed by atoms with E-state index >= 15 is 0 Å². The number of benzene rings is 1. The fourth-order valence-electron chi connectivity index (χ4n) is 2.55. The van der Waals surface area contributed by atoms with E-state index in [9.17, 15) is 0 Å². The largest absolute Gasteiger partial charge is 0.140 e. The van der Waals surface area contributed by atoms with E-state index in [4.69, 9.17) is 0 Å². The number of rotatable bonds is 4. The highest BCUT2D eigenvalue weighted by atomic mass is 14.2. The lowest BCUT2D eigenvalue weighted by molar-refractivity contribution is 0.707. The second-order valence-electron chi connectivity index (χ2n) is 5.54. The molecular formula is C17H25B. The van der Waals surface area contributed by atoms with Gasteiger partial charge in [-0.3, -0.25) is 0 Å². The van der Waals surface area contributed by atoms with E-state index in [1.807, 2.05) is 0 Å². The topological polar surface area (TPSA) is 0 Å². The Bertz CT molecular complexity index is 457. The van der Waals surface area contributed by atoms with Gasteiger partial charge in [-0.15, -0.1) is 0 Å². The molecule has 1 aromatic rings. The van der Waals surface area contributed by atoms with Crippen molar-refractivity contribution in [3.05, 3.63) is 47.1 Å². The Morgan fingerprint density at radius 3 is 2.44 bits per heavy atom. The van der Waals surface area contributed by atoms with Crippen LogP contribution in [0.1, 0.15) is 43.9 Å². The summed E-state index contributed by atoms with van der Waals surface area (Å²) in [6, 6.07) is 4.55. The molecule has 0 heterocycles. The molecule has 18 heavy (non-hydrogen) atoms. The van der Waals surface area contributed by atoms with E-state index in [2.05, 4.69) is 67.3 Å². The first-order valence-corrected chi connectivity index (χ1v) is 6.75. The van der Waals surface area contributed by atoms with E-state index in [1.165, 1.54) is 33.3 Å². The highest BCUT2D eigenvalue weighted by Gasteiger charge is 2.12. The van der Waals surface area contributed by atoms with Crippen molar-refractivity contribution in [3.8, 4) is 0 Å². The maximum atomic E-state index is 4.07. The third-order valence-electron chi connectivity index (χ3n) is 3.71. The van der Waals surface area contributed by atoms with Crippen LogP contribution in [0.25, 0.3) is 5.57 Å². The second-order valence-corrected chi connectivity index (χ2v) is 5.54. The maximum Gasteiger partial charge on any atom is 0.140 e. The number of hydrogen-bond donors (Lipinski definition) is 0. The molecule has 1 rings (SSSR count). The molecule has 1 atom stereocenters. The van der Waals surface area contributed by atoms with Gasteiger partial charge in [0.15, 0.2) is 0 Å². The fourth-order valence-corrected chi connectivity index (χ4v) is 2.55. The minimum atomic E-state index is 0.538. The third kappa shape index (κ3) is 3.38. The summed E-state index contributed by atoms with van der Waals surface area (Å²) >= 11 is 0. The number of allylic oxidation sites excluding steroid dienone is 3. The van der Waals surface area contributed by atoms with Gasteiger partial charge in [-0.2, -0.15) is 0 Å². The summed E-state index contributed by atoms with van der Waals surface area (Å²) < 4.78 is 0. The predicted molar refractivity (Wildman–Crippen MR) is 86.3 cm³/mol. The summed E-state index contributed by atoms with van der Waals surface area (Å²) in [6.45, 7) is 15.0. The van der Waals surface area contributed by atoms with Crippen LogP contribution < -0.4 is 5.46 Å². The molecule has 0 amide bonds. The van der Waals surface area contributed by atoms with Gasteiger partial charge in [-0.1, -0.05) is 48.3 Å². The maximum absolute atomic E-state index is 4.07. The molecule has 0 nitrogen and oxygen atoms in total. The second kappa shape index (κ2) is 6.09. The Morgan fingerprint density at radius 2 is 2.00 bits per heavy atom. The van der Waals surface area contributed by atoms with E-state index in [0.717, 1.165) is 6.42 Å². The molecule has 0 N–H and O–H groups in total. The van der Waals surface area contributed by atoms with Gasteiger partial charge in [0.25, 0.3) is 0 Å².